The lowest BCUT2D eigenvalue weighted by molar-refractivity contribution is -0.132. The molecule has 0 saturated carbocycles. The second-order valence-electron chi connectivity index (χ2n) is 6.63. The molecule has 1 aliphatic heterocycles. The zero-order chi connectivity index (χ0) is 18.8. The summed E-state index contributed by atoms with van der Waals surface area (Å²) in [5, 5.41) is 3.02. The van der Waals surface area contributed by atoms with Crippen molar-refractivity contribution in [2.24, 2.45) is 5.92 Å². The molecule has 0 aromatic heterocycles. The minimum atomic E-state index is 0.0301. The maximum absolute atomic E-state index is 12.4. The Balaban J connectivity index is 1.73. The summed E-state index contributed by atoms with van der Waals surface area (Å²) >= 11 is 0. The Morgan fingerprint density at radius 3 is 2.31 bits per heavy atom. The Bertz CT molecular complexity index is 597. The molecule has 2 amide bonds. The van der Waals surface area contributed by atoms with E-state index < -0.39 is 0 Å². The van der Waals surface area contributed by atoms with E-state index in [1.807, 2.05) is 30.3 Å². The van der Waals surface area contributed by atoms with Crippen molar-refractivity contribution in [1.29, 1.82) is 0 Å². The molecule has 1 aliphatic rings. The molecule has 140 valence electrons. The molecule has 1 fully saturated rings. The molecule has 26 heavy (non-hydrogen) atoms. The van der Waals surface area contributed by atoms with Gasteiger partial charge in [-0.1, -0.05) is 42.5 Å². The summed E-state index contributed by atoms with van der Waals surface area (Å²) in [4.78, 5) is 28.6. The highest BCUT2D eigenvalue weighted by molar-refractivity contribution is 5.79. The van der Waals surface area contributed by atoms with E-state index in [9.17, 15) is 9.59 Å². The van der Waals surface area contributed by atoms with Crippen LogP contribution in [0.1, 0.15) is 18.4 Å². The number of benzene rings is 1. The molecule has 0 atom stereocenters. The number of hydrogen-bond acceptors (Lipinski definition) is 3. The molecule has 0 spiro atoms. The zero-order valence-corrected chi connectivity index (χ0v) is 15.4. The van der Waals surface area contributed by atoms with Crippen molar-refractivity contribution in [2.45, 2.75) is 19.4 Å². The van der Waals surface area contributed by atoms with Gasteiger partial charge in [0.15, 0.2) is 0 Å². The van der Waals surface area contributed by atoms with Gasteiger partial charge in [0.25, 0.3) is 0 Å². The Kier molecular flexibility index (Phi) is 8.09. The van der Waals surface area contributed by atoms with Crippen LogP contribution in [-0.2, 0) is 16.1 Å². The van der Waals surface area contributed by atoms with Crippen LogP contribution in [0.15, 0.2) is 55.6 Å². The third kappa shape index (κ3) is 6.15. The van der Waals surface area contributed by atoms with Crippen molar-refractivity contribution in [3.8, 4) is 0 Å². The van der Waals surface area contributed by atoms with Crippen molar-refractivity contribution in [1.82, 2.24) is 15.1 Å². The number of amides is 2. The topological polar surface area (TPSA) is 52.7 Å². The number of carbonyl (C=O) groups excluding carboxylic acids is 2. The largest absolute Gasteiger partial charge is 0.352 e. The van der Waals surface area contributed by atoms with E-state index in [4.69, 9.17) is 0 Å². The fourth-order valence-corrected chi connectivity index (χ4v) is 3.16. The van der Waals surface area contributed by atoms with Crippen molar-refractivity contribution >= 4 is 11.8 Å². The summed E-state index contributed by atoms with van der Waals surface area (Å²) in [5.41, 5.74) is 1.11. The number of nitrogens with one attached hydrogen (secondary N) is 1. The predicted molar refractivity (Wildman–Crippen MR) is 104 cm³/mol. The van der Waals surface area contributed by atoms with E-state index in [-0.39, 0.29) is 17.7 Å². The molecule has 0 radical (unpaired) electrons. The van der Waals surface area contributed by atoms with E-state index in [0.717, 1.165) is 31.5 Å². The fraction of sp³-hybridized carbons (Fsp3) is 0.429. The fourth-order valence-electron chi connectivity index (χ4n) is 3.16. The summed E-state index contributed by atoms with van der Waals surface area (Å²) in [5.74, 6) is 0.221. The van der Waals surface area contributed by atoms with Gasteiger partial charge in [-0.05, 0) is 31.5 Å². The number of nitrogens with zero attached hydrogens (tertiary/aromatic N) is 2. The number of piperidine rings is 1. The van der Waals surface area contributed by atoms with E-state index in [2.05, 4.69) is 23.4 Å². The van der Waals surface area contributed by atoms with Gasteiger partial charge < -0.3 is 10.2 Å². The quantitative estimate of drug-likeness (QED) is 0.691. The molecule has 5 heteroatoms. The average Bonchev–Trinajstić information content (AvgIpc) is 2.67. The van der Waals surface area contributed by atoms with Crippen LogP contribution in [-0.4, -0.2) is 54.3 Å². The van der Waals surface area contributed by atoms with E-state index >= 15 is 0 Å². The standard InChI is InChI=1S/C21H29N3O2/c1-3-12-24(13-4-2)20(25)17-23-14-10-19(11-15-23)21(26)22-16-18-8-6-5-7-9-18/h3-9,19H,1-2,10-17H2,(H,22,26). The van der Waals surface area contributed by atoms with Crippen molar-refractivity contribution in [3.05, 3.63) is 61.2 Å². The van der Waals surface area contributed by atoms with Crippen LogP contribution in [0, 0.1) is 5.92 Å². The summed E-state index contributed by atoms with van der Waals surface area (Å²) in [6, 6.07) is 9.92. The third-order valence-corrected chi connectivity index (χ3v) is 4.68. The lowest BCUT2D eigenvalue weighted by Crippen LogP contribution is -2.45. The highest BCUT2D eigenvalue weighted by atomic mass is 16.2. The Morgan fingerprint density at radius 2 is 1.73 bits per heavy atom. The third-order valence-electron chi connectivity index (χ3n) is 4.68. The van der Waals surface area contributed by atoms with Gasteiger partial charge in [-0.15, -0.1) is 13.2 Å². The average molecular weight is 355 g/mol. The maximum Gasteiger partial charge on any atom is 0.237 e. The molecular formula is C21H29N3O2. The monoisotopic (exact) mass is 355 g/mol. The predicted octanol–water partition coefficient (Wildman–Crippen LogP) is 2.22. The Hall–Kier alpha value is -2.40. The van der Waals surface area contributed by atoms with Gasteiger partial charge >= 0.3 is 0 Å². The van der Waals surface area contributed by atoms with E-state index in [1.165, 1.54) is 0 Å². The molecular weight excluding hydrogens is 326 g/mol. The maximum atomic E-state index is 12.4. The van der Waals surface area contributed by atoms with Gasteiger partial charge in [0, 0.05) is 25.6 Å². The molecule has 1 aromatic rings. The molecule has 0 unspecified atom stereocenters. The van der Waals surface area contributed by atoms with E-state index in [1.54, 1.807) is 17.1 Å². The first kappa shape index (κ1) is 19.9. The van der Waals surface area contributed by atoms with Crippen molar-refractivity contribution in [2.75, 3.05) is 32.7 Å². The van der Waals surface area contributed by atoms with Crippen LogP contribution < -0.4 is 5.32 Å². The minimum absolute atomic E-state index is 0.0301. The first-order chi connectivity index (χ1) is 12.6. The molecule has 1 aromatic carbocycles. The van der Waals surface area contributed by atoms with Gasteiger partial charge in [-0.2, -0.15) is 0 Å². The van der Waals surface area contributed by atoms with Crippen LogP contribution in [0.4, 0.5) is 0 Å². The second-order valence-corrected chi connectivity index (χ2v) is 6.63. The van der Waals surface area contributed by atoms with Gasteiger partial charge in [0.2, 0.25) is 11.8 Å². The lowest BCUT2D eigenvalue weighted by Gasteiger charge is -2.32. The normalized spacial score (nSPS) is 15.2. The minimum Gasteiger partial charge on any atom is -0.352 e. The van der Waals surface area contributed by atoms with Crippen LogP contribution in [0.25, 0.3) is 0 Å². The zero-order valence-electron chi connectivity index (χ0n) is 15.4. The smallest absolute Gasteiger partial charge is 0.237 e. The summed E-state index contributed by atoms with van der Waals surface area (Å²) < 4.78 is 0. The van der Waals surface area contributed by atoms with Crippen LogP contribution in [0.5, 0.6) is 0 Å². The second kappa shape index (κ2) is 10.6. The number of likely N-dealkylation sites (tertiary alicyclic amines) is 1. The number of hydrogen-bond donors (Lipinski definition) is 1. The summed E-state index contributed by atoms with van der Waals surface area (Å²) in [6.45, 7) is 10.9. The van der Waals surface area contributed by atoms with Gasteiger partial charge in [0.1, 0.15) is 0 Å². The lowest BCUT2D eigenvalue weighted by atomic mass is 9.96. The van der Waals surface area contributed by atoms with Gasteiger partial charge in [0.05, 0.1) is 6.54 Å². The summed E-state index contributed by atoms with van der Waals surface area (Å²) in [6.07, 6.45) is 5.03. The molecule has 0 aliphatic carbocycles. The van der Waals surface area contributed by atoms with Crippen molar-refractivity contribution < 1.29 is 9.59 Å². The molecule has 0 bridgehead atoms. The molecule has 1 saturated heterocycles. The first-order valence-corrected chi connectivity index (χ1v) is 9.17. The molecule has 1 heterocycles. The van der Waals surface area contributed by atoms with Crippen LogP contribution >= 0.6 is 0 Å². The first-order valence-electron chi connectivity index (χ1n) is 9.17. The molecule has 2 rings (SSSR count). The molecule has 1 N–H and O–H groups in total. The van der Waals surface area contributed by atoms with E-state index in [0.29, 0.717) is 26.2 Å². The molecule has 5 nitrogen and oxygen atoms in total. The Morgan fingerprint density at radius 1 is 1.12 bits per heavy atom. The highest BCUT2D eigenvalue weighted by Gasteiger charge is 2.26. The van der Waals surface area contributed by atoms with Gasteiger partial charge in [-0.3, -0.25) is 14.5 Å². The number of rotatable bonds is 9. The highest BCUT2D eigenvalue weighted by Crippen LogP contribution is 2.17. The summed E-state index contributed by atoms with van der Waals surface area (Å²) in [7, 11) is 0. The SMILES string of the molecule is C=CCN(CC=C)C(=O)CN1CCC(C(=O)NCc2ccccc2)CC1. The van der Waals surface area contributed by atoms with Crippen LogP contribution in [0.3, 0.4) is 0 Å². The Labute approximate surface area is 156 Å². The van der Waals surface area contributed by atoms with Crippen LogP contribution in [0.2, 0.25) is 0 Å². The van der Waals surface area contributed by atoms with Gasteiger partial charge in [-0.25, -0.2) is 0 Å². The van der Waals surface area contributed by atoms with Crippen molar-refractivity contribution in [3.63, 3.8) is 0 Å². The number of carbonyl (C=O) groups is 2.